The lowest BCUT2D eigenvalue weighted by Gasteiger charge is -2.50. The van der Waals surface area contributed by atoms with Gasteiger partial charge in [-0.3, -0.25) is 0 Å². The molecule has 576 valence electrons. The third-order valence-electron chi connectivity index (χ3n) is 19.0. The van der Waals surface area contributed by atoms with Crippen molar-refractivity contribution in [1.82, 2.24) is 0 Å². The largest absolute Gasteiger partial charge is 0.394 e. The van der Waals surface area contributed by atoms with Crippen molar-refractivity contribution in [3.8, 4) is 0 Å². The standard InChI is InChI=1S/C54H90O44S/c55-1-10-19(63)20(64)29(73)46(82-10)97-44-17(8-62)90-54(37(81)28(44)72)99-9-18-45-27(71)36(80)53(89-18)96-43-16(7-61)87-51(34(78)25(43)69)94-41-14(5-59)85-49(32(76)23(41)67)92-39-12(3-57)83-47(30(74)21(39)65)91-38-11(2-56)84-48(31(75)22(38)66)93-40-13(4-58)86-50(33(77)24(40)68)95-42-15(6-60)88-52(98-45)35(79)26(42)70/h10-81H,1-9H2/t10-,11+,12-,13+,14-,15+,16-,17-,18+,19-,20+,21-,22-,23+,24-,25-,26-,27-,28-,29-,30-,31-,32+,33-,34+,35-,36-,37-,38-,39-,40-,41-,42-,43-,44-,45-,46-,47-,48-,49-,50-,51-,52-,53-,54-/m1/s1. The zero-order chi connectivity index (χ0) is 72.1. The molecular formula is C54H90O44S. The van der Waals surface area contributed by atoms with Crippen molar-refractivity contribution in [2.24, 2.45) is 0 Å². The molecule has 14 bridgehead atoms. The van der Waals surface area contributed by atoms with Crippen molar-refractivity contribution >= 4 is 11.8 Å². The van der Waals surface area contributed by atoms with Crippen molar-refractivity contribution in [1.29, 1.82) is 0 Å². The Bertz CT molecular complexity index is 2460. The molecule has 0 amide bonds. The maximum atomic E-state index is 12.0. The number of hydrogen-bond donors (Lipinski definition) is 27. The quantitative estimate of drug-likeness (QED) is 0.0814. The second-order valence-corrected chi connectivity index (χ2v) is 26.4. The van der Waals surface area contributed by atoms with Crippen LogP contribution in [-0.2, 0) is 80.5 Å². The first kappa shape index (κ1) is 80.1. The van der Waals surface area contributed by atoms with Gasteiger partial charge in [-0.05, 0) is 0 Å². The second-order valence-electron chi connectivity index (χ2n) is 25.3. The smallest absolute Gasteiger partial charge is 0.187 e. The summed E-state index contributed by atoms with van der Waals surface area (Å²) in [5, 5.41) is 300. The van der Waals surface area contributed by atoms with Gasteiger partial charge in [0.25, 0.3) is 0 Å². The molecule has 27 N–H and O–H groups in total. The zero-order valence-corrected chi connectivity index (χ0v) is 52.6. The minimum absolute atomic E-state index is 0.518. The fourth-order valence-electron chi connectivity index (χ4n) is 13.3. The molecule has 0 aromatic carbocycles. The lowest BCUT2D eigenvalue weighted by Crippen LogP contribution is -2.68. The molecule has 23 fully saturated rings. The van der Waals surface area contributed by atoms with Gasteiger partial charge in [-0.25, -0.2) is 0 Å². The molecule has 0 saturated carbocycles. The molecule has 0 unspecified atom stereocenters. The summed E-state index contributed by atoms with van der Waals surface area (Å²) in [5.74, 6) is -0.681. The monoisotopic (exact) mass is 1470 g/mol. The number of rotatable bonds is 13. The molecule has 23 aliphatic heterocycles. The minimum atomic E-state index is -2.38. The highest BCUT2D eigenvalue weighted by Crippen LogP contribution is 2.41. The first-order valence-corrected chi connectivity index (χ1v) is 32.7. The Morgan fingerprint density at radius 3 is 0.697 bits per heavy atom. The van der Waals surface area contributed by atoms with Crippen LogP contribution in [0.5, 0.6) is 0 Å². The van der Waals surface area contributed by atoms with Gasteiger partial charge >= 0.3 is 0 Å². The molecule has 45 atom stereocenters. The lowest BCUT2D eigenvalue weighted by atomic mass is 9.95. The number of ether oxygens (including phenoxy) is 17. The molecule has 23 rings (SSSR count). The SMILES string of the molecule is OC[C@@H]1O[C@@H]2O[C@H]3[C@H](O)[C@@H](O)[C@@H](O[C@H]4[C@H](O)[C@H](O)[C@@H](O[C@H]5[C@@H](O)[C@H](O)[C@@H](O[C@H]6[C@H](O)[C@@H](O)[C@@H](O[C@H]7[C@H](O)[C@@H](O)[C@@H](O[C@H]8[C@H](O)[C@@H](O)[C@@H](O[C@H]1[C@H](O)[C@H]2O)O[C@H]8CO)O[C@H]7CO)O[C@@H]6CO)O[C@@H]5CO)O[C@@H]4CO)O[C@H]3CS[C@H]1O[C@H](CO)[C@@H](O[C@H]2O[C@H](CO)[C@@H](O)[C@H](O)[C@H]2O)[C@H](O)[C@H]1O. The van der Waals surface area contributed by atoms with E-state index in [0.717, 1.165) is 0 Å². The summed E-state index contributed by atoms with van der Waals surface area (Å²) in [6.45, 7) is -8.62. The van der Waals surface area contributed by atoms with Gasteiger partial charge in [-0.1, -0.05) is 0 Å². The van der Waals surface area contributed by atoms with Gasteiger partial charge in [0.15, 0.2) is 50.3 Å². The predicted molar refractivity (Wildman–Crippen MR) is 300 cm³/mol. The molecule has 44 nitrogen and oxygen atoms in total. The molecule has 23 heterocycles. The van der Waals surface area contributed by atoms with E-state index < -0.39 is 334 Å². The van der Waals surface area contributed by atoms with Crippen LogP contribution in [0.4, 0.5) is 0 Å². The van der Waals surface area contributed by atoms with E-state index in [9.17, 15) is 138 Å². The Morgan fingerprint density at radius 2 is 0.444 bits per heavy atom. The topological polar surface area (TPSA) is 703 Å². The molecular weight excluding hydrogens is 1380 g/mol. The first-order valence-electron chi connectivity index (χ1n) is 31.6. The highest BCUT2D eigenvalue weighted by molar-refractivity contribution is 7.99. The summed E-state index contributed by atoms with van der Waals surface area (Å²) in [6, 6.07) is 0. The third-order valence-corrected chi connectivity index (χ3v) is 20.2. The fourth-order valence-corrected chi connectivity index (χ4v) is 14.5. The zero-order valence-electron chi connectivity index (χ0n) is 51.8. The summed E-state index contributed by atoms with van der Waals surface area (Å²) in [4.78, 5) is 0. The molecule has 0 radical (unpaired) electrons. The highest BCUT2D eigenvalue weighted by atomic mass is 32.2. The Balaban J connectivity index is 0.938. The van der Waals surface area contributed by atoms with E-state index in [1.165, 1.54) is 0 Å². The van der Waals surface area contributed by atoms with Gasteiger partial charge in [0.2, 0.25) is 0 Å². The molecule has 0 spiro atoms. The van der Waals surface area contributed by atoms with Crippen molar-refractivity contribution in [3.63, 3.8) is 0 Å². The lowest BCUT2D eigenvalue weighted by molar-refractivity contribution is -0.396. The molecule has 23 aliphatic rings. The average Bonchev–Trinajstić information content (AvgIpc) is 0.789. The van der Waals surface area contributed by atoms with Crippen LogP contribution < -0.4 is 0 Å². The molecule has 0 aliphatic carbocycles. The normalized spacial score (nSPS) is 55.1. The summed E-state index contributed by atoms with van der Waals surface area (Å²) in [7, 11) is 0. The van der Waals surface area contributed by atoms with Crippen LogP contribution >= 0.6 is 11.8 Å². The van der Waals surface area contributed by atoms with Crippen LogP contribution in [-0.4, -0.2) is 472 Å². The summed E-state index contributed by atoms with van der Waals surface area (Å²) in [6.07, 6.45) is -90.7. The number of aliphatic hydroxyl groups is 27. The maximum Gasteiger partial charge on any atom is 0.187 e. The third kappa shape index (κ3) is 16.1. The Kier molecular flexibility index (Phi) is 27.7. The Hall–Kier alpha value is -1.41. The van der Waals surface area contributed by atoms with Crippen LogP contribution in [0.3, 0.4) is 0 Å². The van der Waals surface area contributed by atoms with Crippen LogP contribution in [0.25, 0.3) is 0 Å². The summed E-state index contributed by atoms with van der Waals surface area (Å²) >= 11 is 0.518. The predicted octanol–water partition coefficient (Wildman–Crippen LogP) is -18.9. The van der Waals surface area contributed by atoms with Crippen molar-refractivity contribution in [2.75, 3.05) is 58.6 Å². The Morgan fingerprint density at radius 1 is 0.202 bits per heavy atom. The number of hydrogen-bond acceptors (Lipinski definition) is 45. The van der Waals surface area contributed by atoms with Gasteiger partial charge in [-0.2, -0.15) is 0 Å². The minimum Gasteiger partial charge on any atom is -0.394 e. The molecule has 45 heteroatoms. The second kappa shape index (κ2) is 34.2. The summed E-state index contributed by atoms with van der Waals surface area (Å²) in [5.41, 5.74) is -1.68. The van der Waals surface area contributed by atoms with Crippen molar-refractivity contribution in [2.45, 2.75) is 275 Å². The summed E-state index contributed by atoms with van der Waals surface area (Å²) < 4.78 is 98.2. The van der Waals surface area contributed by atoms with Gasteiger partial charge in [0.1, 0.15) is 219 Å². The van der Waals surface area contributed by atoms with Gasteiger partial charge in [-0.15, -0.1) is 11.8 Å². The van der Waals surface area contributed by atoms with Gasteiger partial charge in [0.05, 0.1) is 59.0 Å². The fraction of sp³-hybridized carbons (Fsp3) is 1.00. The van der Waals surface area contributed by atoms with E-state index in [4.69, 9.17) is 80.5 Å². The van der Waals surface area contributed by atoms with E-state index >= 15 is 0 Å². The van der Waals surface area contributed by atoms with Crippen molar-refractivity contribution < 1.29 is 218 Å². The molecule has 23 saturated heterocycles. The van der Waals surface area contributed by atoms with E-state index in [1.54, 1.807) is 0 Å². The van der Waals surface area contributed by atoms with Gasteiger partial charge < -0.3 is 218 Å². The van der Waals surface area contributed by atoms with E-state index in [1.807, 2.05) is 0 Å². The first-order chi connectivity index (χ1) is 47.1. The average molecular weight is 1480 g/mol. The van der Waals surface area contributed by atoms with Crippen LogP contribution in [0.15, 0.2) is 0 Å². The van der Waals surface area contributed by atoms with E-state index in [2.05, 4.69) is 0 Å². The molecule has 99 heavy (non-hydrogen) atoms. The molecule has 0 aromatic heterocycles. The van der Waals surface area contributed by atoms with Crippen LogP contribution in [0.2, 0.25) is 0 Å². The van der Waals surface area contributed by atoms with Crippen LogP contribution in [0, 0.1) is 0 Å². The maximum absolute atomic E-state index is 12.0. The molecule has 0 aromatic rings. The van der Waals surface area contributed by atoms with Crippen molar-refractivity contribution in [3.05, 3.63) is 0 Å². The van der Waals surface area contributed by atoms with E-state index in [-0.39, 0.29) is 0 Å². The Labute approximate surface area is 563 Å². The van der Waals surface area contributed by atoms with Crippen LogP contribution in [0.1, 0.15) is 0 Å². The van der Waals surface area contributed by atoms with E-state index in [0.29, 0.717) is 11.8 Å². The van der Waals surface area contributed by atoms with Gasteiger partial charge in [0, 0.05) is 5.75 Å². The number of thioether (sulfide) groups is 1. The number of aliphatic hydroxyl groups excluding tert-OH is 27. The highest BCUT2D eigenvalue weighted by Gasteiger charge is 2.61.